The number of allylic oxidation sites excluding steroid dienone is 8. The van der Waals surface area contributed by atoms with Crippen molar-refractivity contribution in [3.8, 4) is 48.4 Å². The highest BCUT2D eigenvalue weighted by molar-refractivity contribution is 6.03. The van der Waals surface area contributed by atoms with Gasteiger partial charge in [0, 0.05) is 12.8 Å². The quantitative estimate of drug-likeness (QED) is 0.0266. The van der Waals surface area contributed by atoms with Crippen LogP contribution in [0.2, 0.25) is 0 Å². The first-order chi connectivity index (χ1) is 23.7. The highest BCUT2D eigenvalue weighted by Crippen LogP contribution is 2.13. The normalized spacial score (nSPS) is 11.8. The van der Waals surface area contributed by atoms with E-state index < -0.39 is 6.10 Å². The van der Waals surface area contributed by atoms with Gasteiger partial charge in [-0.15, -0.1) is 12.8 Å². The molecular formula is C46H68O2. The molecule has 264 valence electrons. The molecule has 2 nitrogen and oxygen atoms in total. The molecule has 1 atom stereocenters. The number of carbonyl (C=O) groups is 1. The number of rotatable bonds is 31. The fourth-order valence-corrected chi connectivity index (χ4v) is 5.36. The summed E-state index contributed by atoms with van der Waals surface area (Å²) < 4.78 is 0. The van der Waals surface area contributed by atoms with E-state index in [1.165, 1.54) is 109 Å². The van der Waals surface area contributed by atoms with Crippen molar-refractivity contribution in [3.05, 3.63) is 48.6 Å². The standard InChI is InChI=1S/C46H68O2/c1-3-5-6-7-8-9-10-11-12-13-14-15-16-17-18-19-20-21-25-28-31-34-37-40-43-46(48)44-41-38-35-32-29-26-23-22-24-27-30-33-36-39-42-45(47)4-2/h1-2,5-6,21,23,25-26,39,42,46,48H,7-20,22,24,27-38H2/b6-5-,25-21-,26-23-,42-39+. The van der Waals surface area contributed by atoms with Gasteiger partial charge < -0.3 is 5.11 Å². The van der Waals surface area contributed by atoms with E-state index in [0.717, 1.165) is 77.0 Å². The first-order valence-corrected chi connectivity index (χ1v) is 19.4. The zero-order chi connectivity index (χ0) is 34.9. The zero-order valence-corrected chi connectivity index (χ0v) is 30.5. The summed E-state index contributed by atoms with van der Waals surface area (Å²) in [7, 11) is 0. The molecule has 0 rings (SSSR count). The molecule has 0 radical (unpaired) electrons. The summed E-state index contributed by atoms with van der Waals surface area (Å²) in [5.74, 6) is 16.3. The minimum atomic E-state index is -0.820. The van der Waals surface area contributed by atoms with Crippen LogP contribution >= 0.6 is 0 Å². The van der Waals surface area contributed by atoms with Crippen LogP contribution < -0.4 is 0 Å². The van der Waals surface area contributed by atoms with E-state index in [0.29, 0.717) is 0 Å². The fraction of sp³-hybridized carbons (Fsp3) is 0.630. The molecule has 0 aliphatic carbocycles. The van der Waals surface area contributed by atoms with Gasteiger partial charge in [0.15, 0.2) is 6.10 Å². The lowest BCUT2D eigenvalue weighted by Crippen LogP contribution is -1.97. The Morgan fingerprint density at radius 2 is 0.812 bits per heavy atom. The van der Waals surface area contributed by atoms with E-state index in [4.69, 9.17) is 12.8 Å². The van der Waals surface area contributed by atoms with Crippen LogP contribution in [0.15, 0.2) is 48.6 Å². The number of aliphatic hydroxyl groups is 1. The number of hydrogen-bond donors (Lipinski definition) is 1. The summed E-state index contributed by atoms with van der Waals surface area (Å²) in [4.78, 5) is 11.0. The predicted molar refractivity (Wildman–Crippen MR) is 210 cm³/mol. The molecule has 0 aromatic carbocycles. The van der Waals surface area contributed by atoms with Gasteiger partial charge >= 0.3 is 0 Å². The van der Waals surface area contributed by atoms with Gasteiger partial charge in [0.1, 0.15) is 0 Å². The lowest BCUT2D eigenvalue weighted by Gasteiger charge is -2.02. The molecule has 48 heavy (non-hydrogen) atoms. The molecular weight excluding hydrogens is 585 g/mol. The summed E-state index contributed by atoms with van der Waals surface area (Å²) in [6, 6.07) is 0. The van der Waals surface area contributed by atoms with Crippen LogP contribution in [0.3, 0.4) is 0 Å². The van der Waals surface area contributed by atoms with Crippen molar-refractivity contribution in [1.29, 1.82) is 0 Å². The molecule has 0 amide bonds. The van der Waals surface area contributed by atoms with Crippen molar-refractivity contribution in [2.24, 2.45) is 0 Å². The second-order valence-electron chi connectivity index (χ2n) is 12.8. The SMILES string of the molecule is C#C/C=C\CCCCCCCCCCCCCC/C=C\CCCCC#CC(O)C#CCCCC/C=C\CCCCCC/C=C/C(=O)C#C. The van der Waals surface area contributed by atoms with Gasteiger partial charge in [-0.1, -0.05) is 143 Å². The van der Waals surface area contributed by atoms with Crippen LogP contribution in [0.4, 0.5) is 0 Å². The van der Waals surface area contributed by atoms with Crippen LogP contribution in [0, 0.1) is 48.4 Å². The van der Waals surface area contributed by atoms with E-state index in [1.54, 1.807) is 0 Å². The summed E-state index contributed by atoms with van der Waals surface area (Å²) in [5, 5.41) is 9.96. The van der Waals surface area contributed by atoms with Crippen LogP contribution in [0.5, 0.6) is 0 Å². The number of unbranched alkanes of at least 4 members (excludes halogenated alkanes) is 24. The molecule has 1 unspecified atom stereocenters. The Labute approximate surface area is 297 Å². The van der Waals surface area contributed by atoms with Gasteiger partial charge in [-0.05, 0) is 108 Å². The third-order valence-electron chi connectivity index (χ3n) is 8.26. The zero-order valence-electron chi connectivity index (χ0n) is 30.5. The number of carbonyl (C=O) groups excluding carboxylic acids is 1. The smallest absolute Gasteiger partial charge is 0.228 e. The van der Waals surface area contributed by atoms with E-state index in [9.17, 15) is 9.90 Å². The molecule has 0 aliphatic rings. The van der Waals surface area contributed by atoms with Crippen LogP contribution in [-0.2, 0) is 4.79 Å². The summed E-state index contributed by atoms with van der Waals surface area (Å²) in [6.45, 7) is 0. The Kier molecular flexibility index (Phi) is 37.4. The van der Waals surface area contributed by atoms with Crippen molar-refractivity contribution < 1.29 is 9.90 Å². The maximum atomic E-state index is 11.0. The summed E-state index contributed by atoms with van der Waals surface area (Å²) in [6.07, 6.45) is 59.8. The second-order valence-corrected chi connectivity index (χ2v) is 12.8. The van der Waals surface area contributed by atoms with Crippen LogP contribution in [-0.4, -0.2) is 17.0 Å². The van der Waals surface area contributed by atoms with E-state index in [2.05, 4.69) is 65.9 Å². The first-order valence-electron chi connectivity index (χ1n) is 19.4. The van der Waals surface area contributed by atoms with Crippen molar-refractivity contribution in [3.63, 3.8) is 0 Å². The maximum absolute atomic E-state index is 11.0. The minimum absolute atomic E-state index is 0.248. The van der Waals surface area contributed by atoms with Crippen molar-refractivity contribution in [1.82, 2.24) is 0 Å². The molecule has 0 bridgehead atoms. The molecule has 0 saturated heterocycles. The van der Waals surface area contributed by atoms with Gasteiger partial charge in [0.25, 0.3) is 0 Å². The Morgan fingerprint density at radius 1 is 0.479 bits per heavy atom. The third-order valence-corrected chi connectivity index (χ3v) is 8.26. The monoisotopic (exact) mass is 653 g/mol. The molecule has 0 aromatic rings. The summed E-state index contributed by atoms with van der Waals surface area (Å²) in [5.41, 5.74) is 0. The Hall–Kier alpha value is -3.17. The van der Waals surface area contributed by atoms with E-state index in [-0.39, 0.29) is 5.78 Å². The first kappa shape index (κ1) is 44.8. The molecule has 1 N–H and O–H groups in total. The van der Waals surface area contributed by atoms with Crippen LogP contribution in [0.1, 0.15) is 180 Å². The van der Waals surface area contributed by atoms with Gasteiger partial charge in [-0.25, -0.2) is 0 Å². The summed E-state index contributed by atoms with van der Waals surface area (Å²) >= 11 is 0. The second kappa shape index (κ2) is 40.0. The third kappa shape index (κ3) is 39.0. The van der Waals surface area contributed by atoms with Gasteiger partial charge in [-0.2, -0.15) is 0 Å². The van der Waals surface area contributed by atoms with Crippen molar-refractivity contribution in [2.75, 3.05) is 0 Å². The van der Waals surface area contributed by atoms with Crippen molar-refractivity contribution >= 4 is 5.78 Å². The number of terminal acetylenes is 2. The predicted octanol–water partition coefficient (Wildman–Crippen LogP) is 12.3. The van der Waals surface area contributed by atoms with Gasteiger partial charge in [-0.3, -0.25) is 4.79 Å². The van der Waals surface area contributed by atoms with Crippen LogP contribution in [0.25, 0.3) is 0 Å². The molecule has 0 aliphatic heterocycles. The van der Waals surface area contributed by atoms with Crippen molar-refractivity contribution in [2.45, 2.75) is 186 Å². The fourth-order valence-electron chi connectivity index (χ4n) is 5.36. The average molecular weight is 653 g/mol. The number of hydrogen-bond acceptors (Lipinski definition) is 2. The molecule has 0 saturated carbocycles. The van der Waals surface area contributed by atoms with Gasteiger partial charge in [0.2, 0.25) is 5.78 Å². The molecule has 0 spiro atoms. The lowest BCUT2D eigenvalue weighted by atomic mass is 10.0. The molecule has 2 heteroatoms. The van der Waals surface area contributed by atoms with Gasteiger partial charge in [0.05, 0.1) is 0 Å². The lowest BCUT2D eigenvalue weighted by molar-refractivity contribution is -0.109. The largest absolute Gasteiger partial charge is 0.369 e. The Bertz CT molecular complexity index is 1070. The molecule has 0 aromatic heterocycles. The Morgan fingerprint density at radius 3 is 1.19 bits per heavy atom. The Balaban J connectivity index is 3.44. The number of ketones is 1. The maximum Gasteiger partial charge on any atom is 0.228 e. The minimum Gasteiger partial charge on any atom is -0.369 e. The average Bonchev–Trinajstić information content (AvgIpc) is 3.09. The van der Waals surface area contributed by atoms with E-state index >= 15 is 0 Å². The molecule has 0 fully saturated rings. The van der Waals surface area contributed by atoms with E-state index in [1.807, 2.05) is 12.2 Å². The molecule has 0 heterocycles. The highest BCUT2D eigenvalue weighted by atomic mass is 16.3. The topological polar surface area (TPSA) is 37.3 Å². The highest BCUT2D eigenvalue weighted by Gasteiger charge is 1.95. The number of aliphatic hydroxyl groups excluding tert-OH is 1.